The molecule has 0 aliphatic rings. The number of pyridine rings is 2. The second-order valence-electron chi connectivity index (χ2n) is 4.18. The van der Waals surface area contributed by atoms with Gasteiger partial charge in [0.15, 0.2) is 5.43 Å². The largest absolute Gasteiger partial charge is 0.367 e. The second kappa shape index (κ2) is 5.34. The quantitative estimate of drug-likeness (QED) is 0.863. The first-order chi connectivity index (χ1) is 9.08. The first-order valence-electron chi connectivity index (χ1n) is 5.70. The normalized spacial score (nSPS) is 10.0. The smallest absolute Gasteiger partial charge is 0.261 e. The molecule has 0 fully saturated rings. The summed E-state index contributed by atoms with van der Waals surface area (Å²) >= 11 is 0. The first kappa shape index (κ1) is 12.8. The molecular formula is C13H14N4O2. The van der Waals surface area contributed by atoms with Crippen molar-refractivity contribution < 1.29 is 4.79 Å². The lowest BCUT2D eigenvalue weighted by Gasteiger charge is -2.11. The molecule has 2 aromatic rings. The number of nitrogens with one attached hydrogen (secondary N) is 2. The summed E-state index contributed by atoms with van der Waals surface area (Å²) in [4.78, 5) is 32.1. The Morgan fingerprint density at radius 1 is 1.32 bits per heavy atom. The van der Waals surface area contributed by atoms with E-state index in [9.17, 15) is 9.59 Å². The monoisotopic (exact) mass is 258 g/mol. The van der Waals surface area contributed by atoms with Crippen molar-refractivity contribution >= 4 is 17.4 Å². The van der Waals surface area contributed by atoms with Gasteiger partial charge in [0.05, 0.1) is 11.9 Å². The number of aromatic amines is 1. The van der Waals surface area contributed by atoms with Crippen molar-refractivity contribution in [3.05, 3.63) is 52.6 Å². The van der Waals surface area contributed by atoms with Crippen molar-refractivity contribution in [3.8, 4) is 0 Å². The average molecular weight is 258 g/mol. The van der Waals surface area contributed by atoms with Crippen LogP contribution in [0.1, 0.15) is 10.4 Å². The summed E-state index contributed by atoms with van der Waals surface area (Å²) in [7, 11) is 3.76. The van der Waals surface area contributed by atoms with Crippen LogP contribution in [0, 0.1) is 0 Å². The molecule has 19 heavy (non-hydrogen) atoms. The van der Waals surface area contributed by atoms with E-state index >= 15 is 0 Å². The molecule has 2 N–H and O–H groups in total. The molecule has 0 aromatic carbocycles. The number of hydrogen-bond donors (Lipinski definition) is 2. The summed E-state index contributed by atoms with van der Waals surface area (Å²) in [5.74, 6) is 0.330. The molecule has 0 spiro atoms. The molecule has 98 valence electrons. The molecule has 6 heteroatoms. The van der Waals surface area contributed by atoms with Gasteiger partial charge in [-0.2, -0.15) is 0 Å². The number of nitrogens with zero attached hydrogens (tertiary/aromatic N) is 2. The van der Waals surface area contributed by atoms with Crippen LogP contribution in [0.5, 0.6) is 0 Å². The Morgan fingerprint density at radius 3 is 2.68 bits per heavy atom. The van der Waals surface area contributed by atoms with Crippen molar-refractivity contribution in [3.63, 3.8) is 0 Å². The topological polar surface area (TPSA) is 78.1 Å². The number of H-pyrrole nitrogens is 1. The third kappa shape index (κ3) is 2.98. The van der Waals surface area contributed by atoms with Gasteiger partial charge in [-0.3, -0.25) is 9.59 Å². The Balaban J connectivity index is 2.15. The summed E-state index contributed by atoms with van der Waals surface area (Å²) < 4.78 is 0. The molecule has 0 saturated carbocycles. The Bertz CT molecular complexity index is 632. The Morgan fingerprint density at radius 2 is 2.11 bits per heavy atom. The third-order valence-electron chi connectivity index (χ3n) is 2.53. The number of amides is 1. The van der Waals surface area contributed by atoms with Gasteiger partial charge >= 0.3 is 0 Å². The van der Waals surface area contributed by atoms with E-state index in [0.29, 0.717) is 5.69 Å². The van der Waals surface area contributed by atoms with Crippen LogP contribution in [0.4, 0.5) is 11.5 Å². The molecular weight excluding hydrogens is 244 g/mol. The summed E-state index contributed by atoms with van der Waals surface area (Å²) in [5.41, 5.74) is 0.284. The zero-order valence-electron chi connectivity index (χ0n) is 10.7. The highest BCUT2D eigenvalue weighted by atomic mass is 16.2. The van der Waals surface area contributed by atoms with E-state index in [-0.39, 0.29) is 11.0 Å². The molecule has 0 bridgehead atoms. The molecule has 0 aliphatic heterocycles. The van der Waals surface area contributed by atoms with Gasteiger partial charge in [-0.15, -0.1) is 0 Å². The zero-order valence-corrected chi connectivity index (χ0v) is 10.7. The lowest BCUT2D eigenvalue weighted by Crippen LogP contribution is -2.21. The summed E-state index contributed by atoms with van der Waals surface area (Å²) in [6.45, 7) is 0. The fourth-order valence-electron chi connectivity index (χ4n) is 1.52. The molecule has 0 atom stereocenters. The van der Waals surface area contributed by atoms with Gasteiger partial charge in [0, 0.05) is 32.6 Å². The maximum Gasteiger partial charge on any atom is 0.261 e. The molecule has 0 radical (unpaired) electrons. The predicted octanol–water partition coefficient (Wildman–Crippen LogP) is 1.09. The molecule has 1 amide bonds. The third-order valence-corrected chi connectivity index (χ3v) is 2.53. The van der Waals surface area contributed by atoms with Crippen LogP contribution in [0.25, 0.3) is 0 Å². The van der Waals surface area contributed by atoms with Gasteiger partial charge in [-0.1, -0.05) is 0 Å². The van der Waals surface area contributed by atoms with E-state index in [1.54, 1.807) is 18.3 Å². The van der Waals surface area contributed by atoms with Gasteiger partial charge in [0.1, 0.15) is 11.4 Å². The molecule has 0 aliphatic carbocycles. The van der Waals surface area contributed by atoms with E-state index < -0.39 is 5.91 Å². The number of hydrogen-bond acceptors (Lipinski definition) is 4. The molecule has 2 rings (SSSR count). The minimum Gasteiger partial charge on any atom is -0.367 e. The molecule has 0 saturated heterocycles. The van der Waals surface area contributed by atoms with E-state index in [0.717, 1.165) is 5.82 Å². The Kier molecular flexibility index (Phi) is 3.61. The Hall–Kier alpha value is -2.63. The highest BCUT2D eigenvalue weighted by Gasteiger charge is 2.09. The van der Waals surface area contributed by atoms with Gasteiger partial charge in [-0.05, 0) is 12.1 Å². The lowest BCUT2D eigenvalue weighted by atomic mass is 10.2. The highest BCUT2D eigenvalue weighted by molar-refractivity contribution is 6.03. The van der Waals surface area contributed by atoms with Crippen molar-refractivity contribution in [2.75, 3.05) is 24.3 Å². The number of aromatic nitrogens is 2. The first-order valence-corrected chi connectivity index (χ1v) is 5.70. The fourth-order valence-corrected chi connectivity index (χ4v) is 1.52. The number of anilines is 2. The van der Waals surface area contributed by atoms with Gasteiger partial charge in [-0.25, -0.2) is 4.98 Å². The number of rotatable bonds is 3. The lowest BCUT2D eigenvalue weighted by molar-refractivity contribution is 0.102. The van der Waals surface area contributed by atoms with Gasteiger partial charge in [0.2, 0.25) is 0 Å². The zero-order chi connectivity index (χ0) is 13.8. The average Bonchev–Trinajstić information content (AvgIpc) is 2.39. The van der Waals surface area contributed by atoms with Crippen molar-refractivity contribution in [1.29, 1.82) is 0 Å². The summed E-state index contributed by atoms with van der Waals surface area (Å²) in [5, 5.41) is 2.63. The van der Waals surface area contributed by atoms with E-state index in [1.165, 1.54) is 18.5 Å². The van der Waals surface area contributed by atoms with Crippen molar-refractivity contribution in [2.45, 2.75) is 0 Å². The van der Waals surface area contributed by atoms with Crippen LogP contribution >= 0.6 is 0 Å². The summed E-state index contributed by atoms with van der Waals surface area (Å²) in [6, 6.07) is 4.82. The number of carbonyl (C=O) groups excluding carboxylic acids is 1. The highest BCUT2D eigenvalue weighted by Crippen LogP contribution is 2.12. The van der Waals surface area contributed by atoms with Gasteiger partial charge in [0.25, 0.3) is 5.91 Å². The molecule has 0 unspecified atom stereocenters. The maximum atomic E-state index is 11.9. The van der Waals surface area contributed by atoms with Crippen LogP contribution in [-0.4, -0.2) is 30.0 Å². The maximum absolute atomic E-state index is 11.9. The molecule has 2 heterocycles. The minimum absolute atomic E-state index is 0.0687. The fraction of sp³-hybridized carbons (Fsp3) is 0.154. The standard InChI is InChI=1S/C13H14N4O2/c1-17(2)12-4-3-9(7-15-12)16-13(19)10-8-14-6-5-11(10)18/h3-8H,1-2H3,(H,14,18)(H,16,19). The second-order valence-corrected chi connectivity index (χ2v) is 4.18. The molecule has 6 nitrogen and oxygen atoms in total. The van der Waals surface area contributed by atoms with E-state index in [2.05, 4.69) is 15.3 Å². The van der Waals surface area contributed by atoms with E-state index in [4.69, 9.17) is 0 Å². The van der Waals surface area contributed by atoms with Crippen LogP contribution in [0.3, 0.4) is 0 Å². The van der Waals surface area contributed by atoms with Crippen LogP contribution < -0.4 is 15.6 Å². The number of carbonyl (C=O) groups is 1. The Labute approximate surface area is 110 Å². The van der Waals surface area contributed by atoms with E-state index in [1.807, 2.05) is 19.0 Å². The SMILES string of the molecule is CN(C)c1ccc(NC(=O)c2c[nH]ccc2=O)cn1. The molecule has 2 aromatic heterocycles. The van der Waals surface area contributed by atoms with Crippen molar-refractivity contribution in [1.82, 2.24) is 9.97 Å². The summed E-state index contributed by atoms with van der Waals surface area (Å²) in [6.07, 6.45) is 4.40. The minimum atomic E-state index is -0.457. The van der Waals surface area contributed by atoms with Gasteiger partial charge < -0.3 is 15.2 Å². The van der Waals surface area contributed by atoms with Crippen molar-refractivity contribution in [2.24, 2.45) is 0 Å². The van der Waals surface area contributed by atoms with Crippen LogP contribution in [0.15, 0.2) is 41.6 Å². The van der Waals surface area contributed by atoms with Crippen LogP contribution in [0.2, 0.25) is 0 Å². The predicted molar refractivity (Wildman–Crippen MR) is 73.6 cm³/mol. The van der Waals surface area contributed by atoms with Crippen LogP contribution in [-0.2, 0) is 0 Å².